The van der Waals surface area contributed by atoms with Crippen molar-refractivity contribution < 1.29 is 14.3 Å². The highest BCUT2D eigenvalue weighted by Gasteiger charge is 2.63. The van der Waals surface area contributed by atoms with E-state index in [0.29, 0.717) is 11.5 Å². The molecule has 0 N–H and O–H groups in total. The second-order valence-electron chi connectivity index (χ2n) is 9.33. The predicted molar refractivity (Wildman–Crippen MR) is 88.8 cm³/mol. The van der Waals surface area contributed by atoms with Crippen LogP contribution in [0, 0.1) is 35.5 Å². The summed E-state index contributed by atoms with van der Waals surface area (Å²) >= 11 is 0. The van der Waals surface area contributed by atoms with Crippen LogP contribution in [0.4, 0.5) is 0 Å². The van der Waals surface area contributed by atoms with Gasteiger partial charge >= 0.3 is 5.97 Å². The number of esters is 1. The molecule has 0 saturated heterocycles. The number of fused-ring (bicyclic) bond motifs is 9. The zero-order valence-corrected chi connectivity index (χ0v) is 14.7. The second kappa shape index (κ2) is 5.34. The average Bonchev–Trinajstić information content (AvgIpc) is 3.21. The highest BCUT2D eigenvalue weighted by Crippen LogP contribution is 2.67. The molecule has 0 amide bonds. The molecule has 7 atom stereocenters. The van der Waals surface area contributed by atoms with Crippen molar-refractivity contribution in [3.63, 3.8) is 0 Å². The lowest BCUT2D eigenvalue weighted by atomic mass is 9.70. The third-order valence-corrected chi connectivity index (χ3v) is 6.90. The van der Waals surface area contributed by atoms with Crippen LogP contribution in [0.25, 0.3) is 0 Å². The van der Waals surface area contributed by atoms with E-state index in [2.05, 4.69) is 6.58 Å². The molecule has 4 aliphatic carbocycles. The van der Waals surface area contributed by atoms with Gasteiger partial charge in [0.25, 0.3) is 0 Å². The second-order valence-corrected chi connectivity index (χ2v) is 9.33. The molecule has 7 unspecified atom stereocenters. The predicted octanol–water partition coefficient (Wildman–Crippen LogP) is 3.97. The van der Waals surface area contributed by atoms with E-state index in [9.17, 15) is 4.79 Å². The molecule has 0 heterocycles. The number of rotatable bonds is 4. The molecule has 3 heteroatoms. The van der Waals surface area contributed by atoms with E-state index in [-0.39, 0.29) is 24.3 Å². The number of hydrogen-bond acceptors (Lipinski definition) is 3. The van der Waals surface area contributed by atoms with Crippen LogP contribution in [0.1, 0.15) is 52.9 Å². The monoisotopic (exact) mass is 318 g/mol. The van der Waals surface area contributed by atoms with Gasteiger partial charge in [-0.25, -0.2) is 4.79 Å². The topological polar surface area (TPSA) is 35.5 Å². The molecular formula is C20H30O3. The van der Waals surface area contributed by atoms with Crippen LogP contribution in [0.3, 0.4) is 0 Å². The van der Waals surface area contributed by atoms with Gasteiger partial charge < -0.3 is 9.47 Å². The lowest BCUT2D eigenvalue weighted by Gasteiger charge is -2.38. The third kappa shape index (κ3) is 2.65. The SMILES string of the molecule is C=C(COC(C)(C)C)C(=O)OC1CC2CC1C1C3CCC(C3)C21. The molecule has 4 bridgehead atoms. The summed E-state index contributed by atoms with van der Waals surface area (Å²) in [6, 6.07) is 0. The van der Waals surface area contributed by atoms with E-state index in [1.807, 2.05) is 20.8 Å². The maximum Gasteiger partial charge on any atom is 0.336 e. The summed E-state index contributed by atoms with van der Waals surface area (Å²) in [5.74, 6) is 4.93. The average molecular weight is 318 g/mol. The summed E-state index contributed by atoms with van der Waals surface area (Å²) in [7, 11) is 0. The van der Waals surface area contributed by atoms with Crippen molar-refractivity contribution in [3.05, 3.63) is 12.2 Å². The number of hydrogen-bond donors (Lipinski definition) is 0. The highest BCUT2D eigenvalue weighted by atomic mass is 16.5. The van der Waals surface area contributed by atoms with E-state index in [1.54, 1.807) is 0 Å². The summed E-state index contributed by atoms with van der Waals surface area (Å²) in [5, 5.41) is 0. The Morgan fingerprint density at radius 2 is 1.74 bits per heavy atom. The summed E-state index contributed by atoms with van der Waals surface area (Å²) in [6.07, 6.45) is 6.86. The fraction of sp³-hybridized carbons (Fsp3) is 0.850. The van der Waals surface area contributed by atoms with E-state index in [0.717, 1.165) is 36.0 Å². The molecule has 0 radical (unpaired) electrons. The molecule has 0 aromatic rings. The molecule has 23 heavy (non-hydrogen) atoms. The third-order valence-electron chi connectivity index (χ3n) is 6.90. The van der Waals surface area contributed by atoms with Gasteiger partial charge in [0.1, 0.15) is 6.10 Å². The van der Waals surface area contributed by atoms with Crippen molar-refractivity contribution in [2.45, 2.75) is 64.6 Å². The zero-order valence-electron chi connectivity index (χ0n) is 14.7. The maximum atomic E-state index is 12.3. The van der Waals surface area contributed by atoms with Gasteiger partial charge in [-0.05, 0) is 88.4 Å². The summed E-state index contributed by atoms with van der Waals surface area (Å²) in [6.45, 7) is 10.1. The molecule has 4 saturated carbocycles. The standard InChI is InChI=1S/C20H30O3/c1-11(10-22-20(2,3)4)19(21)23-16-9-14-8-15(16)18-13-6-5-12(7-13)17(14)18/h12-18H,1,5-10H2,2-4H3. The van der Waals surface area contributed by atoms with Crippen LogP contribution in [0.2, 0.25) is 0 Å². The van der Waals surface area contributed by atoms with Crippen molar-refractivity contribution >= 4 is 5.97 Å². The minimum Gasteiger partial charge on any atom is -0.459 e. The van der Waals surface area contributed by atoms with Crippen molar-refractivity contribution in [1.82, 2.24) is 0 Å². The van der Waals surface area contributed by atoms with E-state index in [1.165, 1.54) is 25.7 Å². The first-order valence-corrected chi connectivity index (χ1v) is 9.36. The molecule has 0 aliphatic heterocycles. The van der Waals surface area contributed by atoms with E-state index >= 15 is 0 Å². The molecule has 128 valence electrons. The Balaban J connectivity index is 1.34. The number of ether oxygens (including phenoxy) is 2. The molecule has 0 aromatic carbocycles. The molecule has 0 aromatic heterocycles. The molecular weight excluding hydrogens is 288 g/mol. The van der Waals surface area contributed by atoms with E-state index in [4.69, 9.17) is 9.47 Å². The van der Waals surface area contributed by atoms with Crippen LogP contribution < -0.4 is 0 Å². The fourth-order valence-electron chi connectivity index (χ4n) is 6.22. The maximum absolute atomic E-state index is 12.3. The Bertz CT molecular complexity index is 517. The van der Waals surface area contributed by atoms with Gasteiger partial charge in [-0.3, -0.25) is 0 Å². The summed E-state index contributed by atoms with van der Waals surface area (Å²) in [4.78, 5) is 12.3. The first kappa shape index (κ1) is 15.7. The van der Waals surface area contributed by atoms with Crippen LogP contribution in [-0.4, -0.2) is 24.3 Å². The summed E-state index contributed by atoms with van der Waals surface area (Å²) in [5.41, 5.74) is 0.193. The van der Waals surface area contributed by atoms with Gasteiger partial charge in [0, 0.05) is 0 Å². The lowest BCUT2D eigenvalue weighted by molar-refractivity contribution is -0.150. The van der Waals surface area contributed by atoms with Gasteiger partial charge in [-0.1, -0.05) is 6.58 Å². The Morgan fingerprint density at radius 3 is 2.43 bits per heavy atom. The van der Waals surface area contributed by atoms with Gasteiger partial charge in [-0.15, -0.1) is 0 Å². The van der Waals surface area contributed by atoms with Crippen LogP contribution >= 0.6 is 0 Å². The minimum atomic E-state index is -0.258. The van der Waals surface area contributed by atoms with Crippen molar-refractivity contribution in [2.24, 2.45) is 35.5 Å². The molecule has 4 aliphatic rings. The van der Waals surface area contributed by atoms with Crippen LogP contribution in [-0.2, 0) is 14.3 Å². The Labute approximate surface area is 139 Å². The first-order valence-electron chi connectivity index (χ1n) is 9.36. The molecule has 0 spiro atoms. The zero-order chi connectivity index (χ0) is 16.4. The molecule has 4 rings (SSSR count). The quantitative estimate of drug-likeness (QED) is 0.447. The van der Waals surface area contributed by atoms with Gasteiger partial charge in [0.15, 0.2) is 0 Å². The largest absolute Gasteiger partial charge is 0.459 e. The Hall–Kier alpha value is -0.830. The summed E-state index contributed by atoms with van der Waals surface area (Å²) < 4.78 is 11.5. The van der Waals surface area contributed by atoms with Gasteiger partial charge in [-0.2, -0.15) is 0 Å². The molecule has 4 fully saturated rings. The Morgan fingerprint density at radius 1 is 1.04 bits per heavy atom. The van der Waals surface area contributed by atoms with Crippen molar-refractivity contribution in [1.29, 1.82) is 0 Å². The smallest absolute Gasteiger partial charge is 0.336 e. The van der Waals surface area contributed by atoms with E-state index < -0.39 is 0 Å². The van der Waals surface area contributed by atoms with Crippen molar-refractivity contribution in [2.75, 3.05) is 6.61 Å². The van der Waals surface area contributed by atoms with Gasteiger partial charge in [0.2, 0.25) is 0 Å². The number of carbonyl (C=O) groups excluding carboxylic acids is 1. The first-order chi connectivity index (χ1) is 10.8. The Kier molecular flexibility index (Phi) is 3.64. The molecule has 3 nitrogen and oxygen atoms in total. The fourth-order valence-corrected chi connectivity index (χ4v) is 6.22. The van der Waals surface area contributed by atoms with Crippen molar-refractivity contribution in [3.8, 4) is 0 Å². The van der Waals surface area contributed by atoms with Crippen LogP contribution in [0.15, 0.2) is 12.2 Å². The normalized spacial score (nSPS) is 43.7. The van der Waals surface area contributed by atoms with Crippen LogP contribution in [0.5, 0.6) is 0 Å². The van der Waals surface area contributed by atoms with Gasteiger partial charge in [0.05, 0.1) is 17.8 Å². The number of carbonyl (C=O) groups is 1. The highest BCUT2D eigenvalue weighted by molar-refractivity contribution is 5.88. The lowest BCUT2D eigenvalue weighted by Crippen LogP contribution is -2.37. The minimum absolute atomic E-state index is 0.138.